The number of nitrogens with zero attached hydrogens (tertiary/aromatic N) is 4. The fourth-order valence-electron chi connectivity index (χ4n) is 2.86. The Hall–Kier alpha value is -1.66. The SMILES string of the molecule is Nc1cc(-c2nn3c(C4CCCC4)nnc3s2)ccc1Cl. The molecule has 4 rings (SSSR count). The van der Waals surface area contributed by atoms with Crippen molar-refractivity contribution in [2.75, 3.05) is 5.73 Å². The molecule has 1 fully saturated rings. The summed E-state index contributed by atoms with van der Waals surface area (Å²) >= 11 is 7.49. The number of nitrogen functional groups attached to an aromatic ring is 1. The lowest BCUT2D eigenvalue weighted by molar-refractivity contribution is 0.641. The van der Waals surface area contributed by atoms with E-state index in [1.807, 2.05) is 16.6 Å². The summed E-state index contributed by atoms with van der Waals surface area (Å²) in [4.78, 5) is 0.834. The second kappa shape index (κ2) is 4.96. The average Bonchev–Trinajstić information content (AvgIpc) is 3.16. The van der Waals surface area contributed by atoms with E-state index in [4.69, 9.17) is 17.3 Å². The number of rotatable bonds is 2. The maximum atomic E-state index is 5.97. The summed E-state index contributed by atoms with van der Waals surface area (Å²) in [5, 5.41) is 14.7. The quantitative estimate of drug-likeness (QED) is 0.730. The highest BCUT2D eigenvalue weighted by atomic mass is 35.5. The van der Waals surface area contributed by atoms with Gasteiger partial charge < -0.3 is 5.73 Å². The van der Waals surface area contributed by atoms with E-state index in [0.717, 1.165) is 21.4 Å². The van der Waals surface area contributed by atoms with Crippen molar-refractivity contribution >= 4 is 33.6 Å². The van der Waals surface area contributed by atoms with E-state index < -0.39 is 0 Å². The molecule has 0 aliphatic heterocycles. The van der Waals surface area contributed by atoms with E-state index in [1.54, 1.807) is 6.07 Å². The molecule has 0 bridgehead atoms. The molecule has 1 saturated carbocycles. The van der Waals surface area contributed by atoms with Crippen LogP contribution in [-0.4, -0.2) is 19.8 Å². The van der Waals surface area contributed by atoms with Crippen molar-refractivity contribution in [3.63, 3.8) is 0 Å². The Labute approximate surface area is 130 Å². The minimum absolute atomic E-state index is 0.491. The van der Waals surface area contributed by atoms with Gasteiger partial charge in [-0.1, -0.05) is 41.8 Å². The third-order valence-electron chi connectivity index (χ3n) is 3.98. The van der Waals surface area contributed by atoms with Crippen LogP contribution in [0.3, 0.4) is 0 Å². The van der Waals surface area contributed by atoms with Crippen molar-refractivity contribution in [2.24, 2.45) is 0 Å². The number of aromatic nitrogens is 4. The van der Waals surface area contributed by atoms with Gasteiger partial charge in [-0.25, -0.2) is 0 Å². The molecule has 0 saturated heterocycles. The normalized spacial score (nSPS) is 16.0. The molecule has 7 heteroatoms. The van der Waals surface area contributed by atoms with Gasteiger partial charge in [0.2, 0.25) is 4.96 Å². The number of hydrogen-bond acceptors (Lipinski definition) is 5. The molecule has 2 aromatic heterocycles. The van der Waals surface area contributed by atoms with Crippen LogP contribution in [0.5, 0.6) is 0 Å². The highest BCUT2D eigenvalue weighted by Crippen LogP contribution is 2.35. The predicted molar refractivity (Wildman–Crippen MR) is 84.7 cm³/mol. The number of hydrogen-bond donors (Lipinski definition) is 1. The van der Waals surface area contributed by atoms with E-state index in [0.29, 0.717) is 16.6 Å². The highest BCUT2D eigenvalue weighted by Gasteiger charge is 2.24. The molecular formula is C14H14ClN5S. The van der Waals surface area contributed by atoms with E-state index >= 15 is 0 Å². The molecule has 0 amide bonds. The van der Waals surface area contributed by atoms with Crippen LogP contribution < -0.4 is 5.73 Å². The summed E-state index contributed by atoms with van der Waals surface area (Å²) in [6.07, 6.45) is 4.90. The highest BCUT2D eigenvalue weighted by molar-refractivity contribution is 7.19. The molecule has 0 unspecified atom stereocenters. The van der Waals surface area contributed by atoms with Gasteiger partial charge >= 0.3 is 0 Å². The number of fused-ring (bicyclic) bond motifs is 1. The van der Waals surface area contributed by atoms with Crippen molar-refractivity contribution in [2.45, 2.75) is 31.6 Å². The minimum atomic E-state index is 0.491. The van der Waals surface area contributed by atoms with Gasteiger partial charge in [0.1, 0.15) is 5.01 Å². The Bertz CT molecular complexity index is 803. The second-order valence-electron chi connectivity index (χ2n) is 5.38. The molecule has 5 nitrogen and oxygen atoms in total. The van der Waals surface area contributed by atoms with Crippen LogP contribution in [0, 0.1) is 0 Å². The molecule has 0 atom stereocenters. The Kier molecular flexibility index (Phi) is 3.08. The van der Waals surface area contributed by atoms with Gasteiger partial charge in [-0.15, -0.1) is 10.2 Å². The van der Waals surface area contributed by atoms with Gasteiger partial charge in [-0.3, -0.25) is 0 Å². The fourth-order valence-corrected chi connectivity index (χ4v) is 3.82. The van der Waals surface area contributed by atoms with Crippen LogP contribution in [0.1, 0.15) is 37.4 Å². The molecule has 108 valence electrons. The Morgan fingerprint density at radius 1 is 1.24 bits per heavy atom. The minimum Gasteiger partial charge on any atom is -0.398 e. The first kappa shape index (κ1) is 13.0. The molecule has 2 heterocycles. The summed E-state index contributed by atoms with van der Waals surface area (Å²) in [6, 6.07) is 5.58. The predicted octanol–water partition coefficient (Wildman–Crippen LogP) is 3.75. The maximum absolute atomic E-state index is 5.97. The number of nitrogens with two attached hydrogens (primary N) is 1. The Morgan fingerprint density at radius 3 is 2.81 bits per heavy atom. The maximum Gasteiger partial charge on any atom is 0.234 e. The van der Waals surface area contributed by atoms with Gasteiger partial charge in [0.15, 0.2) is 5.82 Å². The Morgan fingerprint density at radius 2 is 2.05 bits per heavy atom. The zero-order valence-electron chi connectivity index (χ0n) is 11.3. The number of anilines is 1. The van der Waals surface area contributed by atoms with E-state index in [9.17, 15) is 0 Å². The summed E-state index contributed by atoms with van der Waals surface area (Å²) in [5.74, 6) is 1.48. The van der Waals surface area contributed by atoms with Gasteiger partial charge in [-0.2, -0.15) is 9.61 Å². The lowest BCUT2D eigenvalue weighted by atomic mass is 10.1. The largest absolute Gasteiger partial charge is 0.398 e. The monoisotopic (exact) mass is 319 g/mol. The summed E-state index contributed by atoms with van der Waals surface area (Å²) < 4.78 is 1.89. The van der Waals surface area contributed by atoms with Crippen LogP contribution in [0.25, 0.3) is 15.5 Å². The first-order valence-electron chi connectivity index (χ1n) is 7.00. The average molecular weight is 320 g/mol. The van der Waals surface area contributed by atoms with Gasteiger partial charge in [0.05, 0.1) is 10.7 Å². The fraction of sp³-hybridized carbons (Fsp3) is 0.357. The third-order valence-corrected chi connectivity index (χ3v) is 5.27. The smallest absolute Gasteiger partial charge is 0.234 e. The first-order chi connectivity index (χ1) is 10.2. The standard InChI is InChI=1S/C14H14ClN5S/c15-10-6-5-9(7-11(10)16)13-19-20-12(8-3-1-2-4-8)17-18-14(20)21-13/h5-8H,1-4,16H2. The van der Waals surface area contributed by atoms with Crippen LogP contribution in [0.2, 0.25) is 5.02 Å². The van der Waals surface area contributed by atoms with E-state index in [1.165, 1.54) is 37.0 Å². The van der Waals surface area contributed by atoms with Gasteiger partial charge in [0.25, 0.3) is 0 Å². The Balaban J connectivity index is 1.78. The zero-order valence-corrected chi connectivity index (χ0v) is 12.9. The van der Waals surface area contributed by atoms with E-state index in [-0.39, 0.29) is 0 Å². The molecule has 1 aliphatic rings. The zero-order chi connectivity index (χ0) is 14.4. The number of halogens is 1. The molecule has 21 heavy (non-hydrogen) atoms. The molecular weight excluding hydrogens is 306 g/mol. The van der Waals surface area contributed by atoms with Gasteiger partial charge in [0, 0.05) is 11.5 Å². The van der Waals surface area contributed by atoms with Crippen LogP contribution in [0.15, 0.2) is 18.2 Å². The van der Waals surface area contributed by atoms with Crippen molar-refractivity contribution < 1.29 is 0 Å². The lowest BCUT2D eigenvalue weighted by Gasteiger charge is -2.03. The van der Waals surface area contributed by atoms with Gasteiger partial charge in [-0.05, 0) is 25.0 Å². The molecule has 2 N–H and O–H groups in total. The van der Waals surface area contributed by atoms with Crippen LogP contribution in [0.4, 0.5) is 5.69 Å². The van der Waals surface area contributed by atoms with E-state index in [2.05, 4.69) is 15.3 Å². The van der Waals surface area contributed by atoms with Crippen LogP contribution in [-0.2, 0) is 0 Å². The van der Waals surface area contributed by atoms with Crippen molar-refractivity contribution in [1.29, 1.82) is 0 Å². The molecule has 1 aromatic carbocycles. The van der Waals surface area contributed by atoms with Crippen molar-refractivity contribution in [3.8, 4) is 10.6 Å². The van der Waals surface area contributed by atoms with Crippen molar-refractivity contribution in [1.82, 2.24) is 19.8 Å². The first-order valence-corrected chi connectivity index (χ1v) is 8.19. The van der Waals surface area contributed by atoms with Crippen LogP contribution >= 0.6 is 22.9 Å². The molecule has 1 aliphatic carbocycles. The summed E-state index contributed by atoms with van der Waals surface area (Å²) in [5.41, 5.74) is 7.40. The molecule has 0 radical (unpaired) electrons. The molecule has 0 spiro atoms. The summed E-state index contributed by atoms with van der Waals surface area (Å²) in [7, 11) is 0. The molecule has 3 aromatic rings. The second-order valence-corrected chi connectivity index (χ2v) is 6.74. The number of benzene rings is 1. The third kappa shape index (κ3) is 2.18. The lowest BCUT2D eigenvalue weighted by Crippen LogP contribution is -2.01. The topological polar surface area (TPSA) is 69.1 Å². The van der Waals surface area contributed by atoms with Crippen molar-refractivity contribution in [3.05, 3.63) is 29.0 Å². The summed E-state index contributed by atoms with van der Waals surface area (Å²) in [6.45, 7) is 0.